The fraction of sp³-hybridized carbons (Fsp3) is 0.182. The predicted octanol–water partition coefficient (Wildman–Crippen LogP) is 3.97. The summed E-state index contributed by atoms with van der Waals surface area (Å²) in [6.45, 7) is 1.20. The maximum Gasteiger partial charge on any atom is 0.311 e. The van der Waals surface area contributed by atoms with Crippen molar-refractivity contribution >= 4 is 23.0 Å². The molecule has 0 unspecified atom stereocenters. The number of rotatable bonds is 9. The highest BCUT2D eigenvalue weighted by atomic mass is 16.6. The number of hydrogen-bond donors (Lipinski definition) is 1. The van der Waals surface area contributed by atoms with Crippen LogP contribution in [-0.2, 0) is 0 Å². The third kappa shape index (κ3) is 4.64. The first kappa shape index (κ1) is 20.2. The van der Waals surface area contributed by atoms with Crippen LogP contribution < -0.4 is 10.2 Å². The summed E-state index contributed by atoms with van der Waals surface area (Å²) in [6, 6.07) is 19.1. The van der Waals surface area contributed by atoms with E-state index in [9.17, 15) is 14.9 Å². The van der Waals surface area contributed by atoms with Crippen LogP contribution in [0.2, 0.25) is 0 Å². The number of hydrogen-bond acceptors (Lipinski definition) is 6. The first-order chi connectivity index (χ1) is 14.1. The van der Waals surface area contributed by atoms with Crippen LogP contribution in [0.5, 0.6) is 0 Å². The average molecular weight is 390 g/mol. The van der Waals surface area contributed by atoms with Crippen LogP contribution >= 0.6 is 0 Å². The van der Waals surface area contributed by atoms with Crippen LogP contribution in [0.15, 0.2) is 72.9 Å². The number of nitrogens with one attached hydrogen (secondary N) is 1. The number of nitrogens with zero attached hydrogens (tertiary/aromatic N) is 3. The molecule has 0 amide bonds. The number of nitro groups is 1. The molecular weight excluding hydrogens is 368 g/mol. The molecule has 0 aliphatic heterocycles. The van der Waals surface area contributed by atoms with Gasteiger partial charge in [0.2, 0.25) is 5.82 Å². The molecule has 7 heteroatoms. The highest BCUT2D eigenvalue weighted by molar-refractivity contribution is 6.12. The fourth-order valence-corrected chi connectivity index (χ4v) is 3.14. The first-order valence-corrected chi connectivity index (χ1v) is 9.34. The Bertz CT molecular complexity index is 992. The predicted molar refractivity (Wildman–Crippen MR) is 113 cm³/mol. The monoisotopic (exact) mass is 390 g/mol. The van der Waals surface area contributed by atoms with Gasteiger partial charge >= 0.3 is 5.69 Å². The Balaban J connectivity index is 2.10. The van der Waals surface area contributed by atoms with Crippen molar-refractivity contribution in [2.75, 3.05) is 25.0 Å². The normalized spacial score (nSPS) is 10.5. The lowest BCUT2D eigenvalue weighted by molar-refractivity contribution is -0.384. The van der Waals surface area contributed by atoms with Crippen LogP contribution in [0.3, 0.4) is 0 Å². The summed E-state index contributed by atoms with van der Waals surface area (Å²) in [5.41, 5.74) is 1.53. The largest absolute Gasteiger partial charge is 0.320 e. The molecule has 0 spiro atoms. The summed E-state index contributed by atoms with van der Waals surface area (Å²) < 4.78 is 0. The molecule has 1 N–H and O–H groups in total. The zero-order chi connectivity index (χ0) is 20.6. The molecule has 29 heavy (non-hydrogen) atoms. The second-order valence-electron chi connectivity index (χ2n) is 6.42. The number of carbonyl (C=O) groups excluding carboxylic acids is 1. The van der Waals surface area contributed by atoms with Gasteiger partial charge in [-0.1, -0.05) is 42.5 Å². The molecule has 0 aliphatic carbocycles. The standard InChI is InChI=1S/C22H22N4O3/c1-23-14-8-16-25(22-20(26(28)29)13-7-15-24-22)19-12-6-5-11-18(19)21(27)17-9-3-2-4-10-17/h2-7,9-13,15,23H,8,14,16H2,1H3. The van der Waals surface area contributed by atoms with E-state index in [-0.39, 0.29) is 17.3 Å². The van der Waals surface area contributed by atoms with Gasteiger partial charge in [-0.2, -0.15) is 0 Å². The van der Waals surface area contributed by atoms with E-state index < -0.39 is 4.92 Å². The summed E-state index contributed by atoms with van der Waals surface area (Å²) in [5, 5.41) is 14.7. The zero-order valence-electron chi connectivity index (χ0n) is 16.1. The third-order valence-electron chi connectivity index (χ3n) is 4.50. The van der Waals surface area contributed by atoms with Crippen LogP contribution in [-0.4, -0.2) is 35.8 Å². The Morgan fingerprint density at radius 1 is 1.07 bits per heavy atom. The number of pyridine rings is 1. The molecule has 1 aromatic heterocycles. The van der Waals surface area contributed by atoms with Crippen molar-refractivity contribution in [1.29, 1.82) is 0 Å². The molecule has 0 atom stereocenters. The van der Waals surface area contributed by atoms with Crippen LogP contribution in [0.4, 0.5) is 17.2 Å². The third-order valence-corrected chi connectivity index (χ3v) is 4.50. The van der Waals surface area contributed by atoms with Crippen molar-refractivity contribution in [3.63, 3.8) is 0 Å². The summed E-state index contributed by atoms with van der Waals surface area (Å²) in [7, 11) is 1.85. The molecule has 0 aliphatic rings. The summed E-state index contributed by atoms with van der Waals surface area (Å²) >= 11 is 0. The van der Waals surface area contributed by atoms with Gasteiger partial charge in [-0.25, -0.2) is 4.98 Å². The molecule has 0 radical (unpaired) electrons. The van der Waals surface area contributed by atoms with Crippen molar-refractivity contribution < 1.29 is 9.72 Å². The number of aromatic nitrogens is 1. The van der Waals surface area contributed by atoms with E-state index in [0.29, 0.717) is 23.4 Å². The Kier molecular flexibility index (Phi) is 6.65. The molecule has 7 nitrogen and oxygen atoms in total. The van der Waals surface area contributed by atoms with Gasteiger partial charge in [0.15, 0.2) is 5.78 Å². The summed E-state index contributed by atoms with van der Waals surface area (Å²) in [5.74, 6) is 0.0836. The van der Waals surface area contributed by atoms with E-state index >= 15 is 0 Å². The molecular formula is C22H22N4O3. The van der Waals surface area contributed by atoms with E-state index in [1.807, 2.05) is 31.3 Å². The van der Waals surface area contributed by atoms with Gasteiger partial charge in [0.1, 0.15) is 0 Å². The number of ketones is 1. The minimum atomic E-state index is -0.449. The van der Waals surface area contributed by atoms with Crippen molar-refractivity contribution in [2.45, 2.75) is 6.42 Å². The molecule has 1 heterocycles. The highest BCUT2D eigenvalue weighted by Gasteiger charge is 2.25. The smallest absolute Gasteiger partial charge is 0.311 e. The molecule has 2 aromatic carbocycles. The van der Waals surface area contributed by atoms with Crippen molar-refractivity contribution in [1.82, 2.24) is 10.3 Å². The van der Waals surface area contributed by atoms with Gasteiger partial charge in [-0.15, -0.1) is 0 Å². The second kappa shape index (κ2) is 9.57. The first-order valence-electron chi connectivity index (χ1n) is 9.34. The van der Waals surface area contributed by atoms with E-state index in [0.717, 1.165) is 13.0 Å². The van der Waals surface area contributed by atoms with Gasteiger partial charge in [-0.3, -0.25) is 14.9 Å². The summed E-state index contributed by atoms with van der Waals surface area (Å²) in [4.78, 5) is 30.3. The lowest BCUT2D eigenvalue weighted by Gasteiger charge is -2.25. The van der Waals surface area contributed by atoms with E-state index in [4.69, 9.17) is 0 Å². The average Bonchev–Trinajstić information content (AvgIpc) is 2.77. The molecule has 3 aromatic rings. The van der Waals surface area contributed by atoms with Crippen molar-refractivity contribution in [3.8, 4) is 0 Å². The Hall–Kier alpha value is -3.58. The molecule has 148 valence electrons. The quantitative estimate of drug-likeness (QED) is 0.257. The highest BCUT2D eigenvalue weighted by Crippen LogP contribution is 2.34. The molecule has 0 saturated heterocycles. The minimum absolute atomic E-state index is 0.0982. The topological polar surface area (TPSA) is 88.4 Å². The number of benzene rings is 2. The van der Waals surface area contributed by atoms with Crippen molar-refractivity contribution in [3.05, 3.63) is 94.2 Å². The van der Waals surface area contributed by atoms with Gasteiger partial charge in [-0.05, 0) is 38.2 Å². The van der Waals surface area contributed by atoms with Gasteiger partial charge < -0.3 is 10.2 Å². The Labute approximate surface area is 169 Å². The minimum Gasteiger partial charge on any atom is -0.320 e. The number of para-hydroxylation sites is 1. The van der Waals surface area contributed by atoms with Gasteiger partial charge in [0.05, 0.1) is 10.6 Å². The Morgan fingerprint density at radius 3 is 2.52 bits per heavy atom. The lowest BCUT2D eigenvalue weighted by atomic mass is 10.0. The number of carbonyl (C=O) groups is 1. The Morgan fingerprint density at radius 2 is 1.79 bits per heavy atom. The van der Waals surface area contributed by atoms with E-state index in [2.05, 4.69) is 10.3 Å². The van der Waals surface area contributed by atoms with Crippen LogP contribution in [0.25, 0.3) is 0 Å². The van der Waals surface area contributed by atoms with Gasteiger partial charge in [0.25, 0.3) is 0 Å². The second-order valence-corrected chi connectivity index (χ2v) is 6.42. The van der Waals surface area contributed by atoms with E-state index in [1.54, 1.807) is 35.2 Å². The van der Waals surface area contributed by atoms with Crippen LogP contribution in [0, 0.1) is 10.1 Å². The number of anilines is 2. The zero-order valence-corrected chi connectivity index (χ0v) is 16.1. The van der Waals surface area contributed by atoms with Crippen molar-refractivity contribution in [2.24, 2.45) is 0 Å². The summed E-state index contributed by atoms with van der Waals surface area (Å²) in [6.07, 6.45) is 2.24. The molecule has 0 fully saturated rings. The van der Waals surface area contributed by atoms with Crippen LogP contribution in [0.1, 0.15) is 22.3 Å². The lowest BCUT2D eigenvalue weighted by Crippen LogP contribution is -2.25. The molecule has 0 bridgehead atoms. The van der Waals surface area contributed by atoms with Gasteiger partial charge in [0, 0.05) is 29.9 Å². The SMILES string of the molecule is CNCCCN(c1ccccc1C(=O)c1ccccc1)c1ncccc1[N+](=O)[O-]. The maximum atomic E-state index is 13.2. The van der Waals surface area contributed by atoms with E-state index in [1.165, 1.54) is 18.3 Å². The maximum absolute atomic E-state index is 13.2. The molecule has 0 saturated carbocycles. The fourth-order valence-electron chi connectivity index (χ4n) is 3.14. The molecule has 3 rings (SSSR count).